The molecule has 0 aliphatic carbocycles. The SMILES string of the molecule is N#CN[C@@H]1CCN(Cc2ccc(-n3c(-c4cccnc4N)nc4ccc(-c5ccccc5)nc43)cc2)C1. The predicted octanol–water partition coefficient (Wildman–Crippen LogP) is 4.38. The molecule has 4 heterocycles. The highest BCUT2D eigenvalue weighted by Crippen LogP contribution is 2.32. The number of benzene rings is 2. The topological polar surface area (TPSA) is 109 Å². The van der Waals surface area contributed by atoms with Gasteiger partial charge >= 0.3 is 0 Å². The lowest BCUT2D eigenvalue weighted by Crippen LogP contribution is -2.29. The predicted molar refractivity (Wildman–Crippen MR) is 144 cm³/mol. The van der Waals surface area contributed by atoms with E-state index in [1.807, 2.05) is 42.5 Å². The van der Waals surface area contributed by atoms with E-state index in [-0.39, 0.29) is 6.04 Å². The lowest BCUT2D eigenvalue weighted by molar-refractivity contribution is 0.324. The highest BCUT2D eigenvalue weighted by Gasteiger charge is 2.22. The number of fused-ring (bicyclic) bond motifs is 1. The summed E-state index contributed by atoms with van der Waals surface area (Å²) in [5.74, 6) is 1.13. The number of aromatic nitrogens is 4. The number of nitrogens with two attached hydrogens (primary N) is 1. The van der Waals surface area contributed by atoms with Gasteiger partial charge in [0, 0.05) is 43.1 Å². The minimum Gasteiger partial charge on any atom is -0.383 e. The van der Waals surface area contributed by atoms with Crippen molar-refractivity contribution in [1.29, 1.82) is 5.26 Å². The molecule has 1 aliphatic heterocycles. The summed E-state index contributed by atoms with van der Waals surface area (Å²) in [7, 11) is 0. The van der Waals surface area contributed by atoms with Gasteiger partial charge in [-0.05, 0) is 48.4 Å². The van der Waals surface area contributed by atoms with Gasteiger partial charge in [0.2, 0.25) is 0 Å². The lowest BCUT2D eigenvalue weighted by Gasteiger charge is -2.16. The highest BCUT2D eigenvalue weighted by molar-refractivity contribution is 5.84. The van der Waals surface area contributed by atoms with Gasteiger partial charge in [-0.15, -0.1) is 0 Å². The molecule has 182 valence electrons. The maximum Gasteiger partial charge on any atom is 0.176 e. The molecule has 1 fully saturated rings. The van der Waals surface area contributed by atoms with E-state index in [2.05, 4.69) is 62.4 Å². The van der Waals surface area contributed by atoms with Crippen molar-refractivity contribution in [2.45, 2.75) is 19.0 Å². The molecular formula is C29H26N8. The number of likely N-dealkylation sites (tertiary alicyclic amines) is 1. The van der Waals surface area contributed by atoms with Crippen LogP contribution in [0, 0.1) is 11.5 Å². The van der Waals surface area contributed by atoms with Gasteiger partial charge in [-0.2, -0.15) is 5.26 Å². The number of rotatable bonds is 6. The Labute approximate surface area is 215 Å². The third kappa shape index (κ3) is 4.48. The fourth-order valence-electron chi connectivity index (χ4n) is 4.95. The zero-order valence-electron chi connectivity index (χ0n) is 20.2. The summed E-state index contributed by atoms with van der Waals surface area (Å²) in [5.41, 5.74) is 12.7. The average Bonchev–Trinajstić information content (AvgIpc) is 3.54. The van der Waals surface area contributed by atoms with E-state index in [1.165, 1.54) is 5.56 Å². The van der Waals surface area contributed by atoms with Crippen molar-refractivity contribution in [1.82, 2.24) is 29.7 Å². The third-order valence-electron chi connectivity index (χ3n) is 6.80. The molecule has 1 aliphatic rings. The van der Waals surface area contributed by atoms with Crippen molar-refractivity contribution >= 4 is 17.0 Å². The number of nitrogens with one attached hydrogen (secondary N) is 1. The zero-order chi connectivity index (χ0) is 25.2. The minimum absolute atomic E-state index is 0.235. The number of nitriles is 1. The van der Waals surface area contributed by atoms with Crippen molar-refractivity contribution in [3.05, 3.63) is 90.6 Å². The van der Waals surface area contributed by atoms with Crippen LogP contribution < -0.4 is 11.1 Å². The average molecular weight is 487 g/mol. The summed E-state index contributed by atoms with van der Waals surface area (Å²) >= 11 is 0. The van der Waals surface area contributed by atoms with Crippen LogP contribution in [0.4, 0.5) is 5.82 Å². The van der Waals surface area contributed by atoms with E-state index in [0.717, 1.165) is 59.7 Å². The van der Waals surface area contributed by atoms with Crippen LogP contribution in [-0.4, -0.2) is 43.6 Å². The molecule has 8 heteroatoms. The fourth-order valence-corrected chi connectivity index (χ4v) is 4.95. The van der Waals surface area contributed by atoms with Crippen molar-refractivity contribution in [3.8, 4) is 34.5 Å². The molecule has 1 saturated heterocycles. The first-order valence-electron chi connectivity index (χ1n) is 12.3. The van der Waals surface area contributed by atoms with Crippen LogP contribution >= 0.6 is 0 Å². The largest absolute Gasteiger partial charge is 0.383 e. The van der Waals surface area contributed by atoms with E-state index in [1.54, 1.807) is 6.20 Å². The van der Waals surface area contributed by atoms with Gasteiger partial charge in [-0.25, -0.2) is 15.0 Å². The molecule has 0 unspecified atom stereocenters. The number of nitrogens with zero attached hydrogens (tertiary/aromatic N) is 6. The summed E-state index contributed by atoms with van der Waals surface area (Å²) in [6.45, 7) is 2.69. The van der Waals surface area contributed by atoms with Crippen LogP contribution in [0.2, 0.25) is 0 Å². The van der Waals surface area contributed by atoms with Crippen molar-refractivity contribution in [2.24, 2.45) is 0 Å². The van der Waals surface area contributed by atoms with Crippen LogP contribution in [0.3, 0.4) is 0 Å². The van der Waals surface area contributed by atoms with Gasteiger partial charge < -0.3 is 11.1 Å². The smallest absolute Gasteiger partial charge is 0.176 e. The second-order valence-corrected chi connectivity index (χ2v) is 9.26. The number of imidazole rings is 1. The molecule has 2 aromatic carbocycles. The Morgan fingerprint density at radius 2 is 1.81 bits per heavy atom. The van der Waals surface area contributed by atoms with E-state index in [0.29, 0.717) is 11.6 Å². The number of pyridine rings is 2. The third-order valence-corrected chi connectivity index (χ3v) is 6.80. The summed E-state index contributed by atoms with van der Waals surface area (Å²) in [4.78, 5) is 16.6. The Morgan fingerprint density at radius 1 is 0.973 bits per heavy atom. The number of hydrogen-bond acceptors (Lipinski definition) is 7. The number of nitrogen functional groups attached to an aromatic ring is 1. The summed E-state index contributed by atoms with van der Waals surface area (Å²) in [6, 6.07) is 26.7. The molecule has 6 rings (SSSR count). The second-order valence-electron chi connectivity index (χ2n) is 9.26. The van der Waals surface area contributed by atoms with Crippen LogP contribution in [0.15, 0.2) is 85.1 Å². The first kappa shape index (κ1) is 22.7. The first-order chi connectivity index (χ1) is 18.2. The monoisotopic (exact) mass is 486 g/mol. The Bertz CT molecular complexity index is 1580. The molecule has 1 atom stereocenters. The number of anilines is 1. The Hall–Kier alpha value is -4.74. The molecule has 3 aromatic heterocycles. The maximum atomic E-state index is 8.90. The zero-order valence-corrected chi connectivity index (χ0v) is 20.2. The van der Waals surface area contributed by atoms with E-state index >= 15 is 0 Å². The van der Waals surface area contributed by atoms with Gasteiger partial charge in [0.25, 0.3) is 0 Å². The van der Waals surface area contributed by atoms with E-state index < -0.39 is 0 Å². The molecule has 0 saturated carbocycles. The van der Waals surface area contributed by atoms with Crippen molar-refractivity contribution in [3.63, 3.8) is 0 Å². The Morgan fingerprint density at radius 3 is 2.59 bits per heavy atom. The lowest BCUT2D eigenvalue weighted by atomic mass is 10.1. The molecule has 0 amide bonds. The quantitative estimate of drug-likeness (QED) is 0.271. The molecule has 5 aromatic rings. The molecule has 37 heavy (non-hydrogen) atoms. The van der Waals surface area contributed by atoms with Crippen LogP contribution in [-0.2, 0) is 6.54 Å². The van der Waals surface area contributed by atoms with E-state index in [9.17, 15) is 0 Å². The van der Waals surface area contributed by atoms with Crippen LogP contribution in [0.25, 0.3) is 39.5 Å². The molecule has 8 nitrogen and oxygen atoms in total. The minimum atomic E-state index is 0.235. The van der Waals surface area contributed by atoms with Gasteiger partial charge in [-0.3, -0.25) is 9.47 Å². The van der Waals surface area contributed by atoms with Gasteiger partial charge in [-0.1, -0.05) is 42.5 Å². The summed E-state index contributed by atoms with van der Waals surface area (Å²) < 4.78 is 2.06. The number of hydrogen-bond donors (Lipinski definition) is 2. The maximum absolute atomic E-state index is 8.90. The van der Waals surface area contributed by atoms with Crippen molar-refractivity contribution < 1.29 is 0 Å². The van der Waals surface area contributed by atoms with Gasteiger partial charge in [0.05, 0.1) is 11.3 Å². The Kier molecular flexibility index (Phi) is 5.97. The molecule has 0 radical (unpaired) electrons. The second kappa shape index (κ2) is 9.72. The summed E-state index contributed by atoms with van der Waals surface area (Å²) in [5, 5.41) is 11.8. The van der Waals surface area contributed by atoms with E-state index in [4.69, 9.17) is 21.0 Å². The molecule has 0 bridgehead atoms. The Balaban J connectivity index is 1.41. The normalized spacial score (nSPS) is 15.6. The van der Waals surface area contributed by atoms with Crippen molar-refractivity contribution in [2.75, 3.05) is 18.8 Å². The summed E-state index contributed by atoms with van der Waals surface area (Å²) in [6.07, 6.45) is 4.73. The molecule has 3 N–H and O–H groups in total. The first-order valence-corrected chi connectivity index (χ1v) is 12.3. The van der Waals surface area contributed by atoms with Crippen LogP contribution in [0.5, 0.6) is 0 Å². The van der Waals surface area contributed by atoms with Gasteiger partial charge in [0.1, 0.15) is 11.3 Å². The fraction of sp³-hybridized carbons (Fsp3) is 0.172. The highest BCUT2D eigenvalue weighted by atomic mass is 15.2. The van der Waals surface area contributed by atoms with Crippen LogP contribution in [0.1, 0.15) is 12.0 Å². The molecular weight excluding hydrogens is 460 g/mol. The van der Waals surface area contributed by atoms with Gasteiger partial charge in [0.15, 0.2) is 17.7 Å². The standard InChI is InChI=1S/C29H26N8/c30-19-33-22-14-16-36(18-22)17-20-8-10-23(11-9-20)37-28(24-7-4-15-32-27(24)31)35-26-13-12-25(34-29(26)37)21-5-2-1-3-6-21/h1-13,15,22,33H,14,16-18H2,(H2,31,32)/t22-/m1/s1. The molecule has 0 spiro atoms.